The molecule has 0 atom stereocenters. The Morgan fingerprint density at radius 3 is 2.45 bits per heavy atom. The zero-order chi connectivity index (χ0) is 14.4. The zero-order valence-electron chi connectivity index (χ0n) is 12.2. The van der Waals surface area contributed by atoms with Gasteiger partial charge in [-0.2, -0.15) is 0 Å². The lowest BCUT2D eigenvalue weighted by Crippen LogP contribution is -2.36. The lowest BCUT2D eigenvalue weighted by Gasteiger charge is -2.22. The van der Waals surface area contributed by atoms with E-state index in [0.29, 0.717) is 19.5 Å². The van der Waals surface area contributed by atoms with Crippen LogP contribution in [0.15, 0.2) is 0 Å². The number of hydrogen-bond donors (Lipinski definition) is 1. The van der Waals surface area contributed by atoms with Crippen molar-refractivity contribution in [1.82, 2.24) is 9.80 Å². The summed E-state index contributed by atoms with van der Waals surface area (Å²) in [6.45, 7) is 3.00. The van der Waals surface area contributed by atoms with Crippen molar-refractivity contribution in [3.05, 3.63) is 0 Å². The molecule has 114 valence electrons. The van der Waals surface area contributed by atoms with Crippen LogP contribution in [0.4, 0.5) is 0 Å². The molecule has 5 heteroatoms. The number of carbonyl (C=O) groups excluding carboxylic acids is 1. The van der Waals surface area contributed by atoms with Crippen LogP contribution < -0.4 is 0 Å². The summed E-state index contributed by atoms with van der Waals surface area (Å²) < 4.78 is 0. The number of rotatable bonds is 5. The molecule has 2 rings (SSSR count). The standard InChI is InChI=1S/C15H26N2O3/c18-14(7-6-13-4-1-2-5-13)17-9-3-8-16(10-11-17)12-15(19)20/h13H,1-12H2,(H,19,20). The second kappa shape index (κ2) is 7.62. The maximum absolute atomic E-state index is 12.2. The smallest absolute Gasteiger partial charge is 0.317 e. The van der Waals surface area contributed by atoms with Crippen molar-refractivity contribution in [1.29, 1.82) is 0 Å². The minimum atomic E-state index is -0.786. The third kappa shape index (κ3) is 4.78. The maximum atomic E-state index is 12.2. The van der Waals surface area contributed by atoms with Gasteiger partial charge in [-0.1, -0.05) is 25.7 Å². The highest BCUT2D eigenvalue weighted by molar-refractivity contribution is 5.76. The lowest BCUT2D eigenvalue weighted by molar-refractivity contribution is -0.138. The monoisotopic (exact) mass is 282 g/mol. The second-order valence-corrected chi connectivity index (χ2v) is 6.09. The average molecular weight is 282 g/mol. The van der Waals surface area contributed by atoms with E-state index in [1.54, 1.807) is 0 Å². The summed E-state index contributed by atoms with van der Waals surface area (Å²) >= 11 is 0. The molecule has 1 aliphatic heterocycles. The van der Waals surface area contributed by atoms with Crippen LogP contribution in [0.1, 0.15) is 44.9 Å². The van der Waals surface area contributed by atoms with Crippen LogP contribution in [-0.2, 0) is 9.59 Å². The molecule has 1 amide bonds. The van der Waals surface area contributed by atoms with Crippen LogP contribution in [0.25, 0.3) is 0 Å². The molecule has 0 spiro atoms. The molecule has 0 aromatic heterocycles. The summed E-state index contributed by atoms with van der Waals surface area (Å²) in [7, 11) is 0. The van der Waals surface area contributed by atoms with Gasteiger partial charge in [0, 0.05) is 32.6 Å². The molecule has 0 unspecified atom stereocenters. The van der Waals surface area contributed by atoms with E-state index in [-0.39, 0.29) is 12.5 Å². The number of hydrogen-bond acceptors (Lipinski definition) is 3. The Balaban J connectivity index is 1.71. The van der Waals surface area contributed by atoms with Crippen molar-refractivity contribution < 1.29 is 14.7 Å². The van der Waals surface area contributed by atoms with Gasteiger partial charge in [0.05, 0.1) is 6.54 Å². The van der Waals surface area contributed by atoms with E-state index in [1.807, 2.05) is 9.80 Å². The highest BCUT2D eigenvalue weighted by Gasteiger charge is 2.22. The van der Waals surface area contributed by atoms with Crippen molar-refractivity contribution in [2.45, 2.75) is 44.9 Å². The predicted octanol–water partition coefficient (Wildman–Crippen LogP) is 1.58. The SMILES string of the molecule is O=C(O)CN1CCCN(C(=O)CCC2CCCC2)CC1. The topological polar surface area (TPSA) is 60.9 Å². The summed E-state index contributed by atoms with van der Waals surface area (Å²) in [6.07, 6.45) is 7.82. The zero-order valence-corrected chi connectivity index (χ0v) is 12.2. The first-order valence-corrected chi connectivity index (χ1v) is 7.87. The molecule has 20 heavy (non-hydrogen) atoms. The Morgan fingerprint density at radius 1 is 1.00 bits per heavy atom. The quantitative estimate of drug-likeness (QED) is 0.831. The van der Waals surface area contributed by atoms with Gasteiger partial charge >= 0.3 is 5.97 Å². The van der Waals surface area contributed by atoms with E-state index < -0.39 is 5.97 Å². The summed E-state index contributed by atoms with van der Waals surface area (Å²) in [5.74, 6) is 0.231. The van der Waals surface area contributed by atoms with Gasteiger partial charge in [0.25, 0.3) is 0 Å². The highest BCUT2D eigenvalue weighted by Crippen LogP contribution is 2.28. The van der Waals surface area contributed by atoms with Gasteiger partial charge in [-0.05, 0) is 18.8 Å². The maximum Gasteiger partial charge on any atom is 0.317 e. The largest absolute Gasteiger partial charge is 0.480 e. The molecule has 0 bridgehead atoms. The Labute approximate surface area is 120 Å². The fourth-order valence-corrected chi connectivity index (χ4v) is 3.35. The molecule has 1 N–H and O–H groups in total. The minimum absolute atomic E-state index is 0.0874. The van der Waals surface area contributed by atoms with Crippen LogP contribution in [0.2, 0.25) is 0 Å². The third-order valence-corrected chi connectivity index (χ3v) is 4.54. The van der Waals surface area contributed by atoms with E-state index in [4.69, 9.17) is 5.11 Å². The third-order valence-electron chi connectivity index (χ3n) is 4.54. The van der Waals surface area contributed by atoms with Gasteiger partial charge in [0.15, 0.2) is 0 Å². The fraction of sp³-hybridized carbons (Fsp3) is 0.867. The molecule has 1 heterocycles. The molecule has 5 nitrogen and oxygen atoms in total. The van der Waals surface area contributed by atoms with Gasteiger partial charge in [-0.25, -0.2) is 0 Å². The Hall–Kier alpha value is -1.10. The van der Waals surface area contributed by atoms with Gasteiger partial charge in [-0.15, -0.1) is 0 Å². The van der Waals surface area contributed by atoms with Crippen molar-refractivity contribution in [2.24, 2.45) is 5.92 Å². The molecule has 0 aromatic carbocycles. The molecule has 1 saturated carbocycles. The van der Waals surface area contributed by atoms with Crippen molar-refractivity contribution in [3.63, 3.8) is 0 Å². The lowest BCUT2D eigenvalue weighted by atomic mass is 10.0. The number of carboxylic acid groups (broad SMARTS) is 1. The minimum Gasteiger partial charge on any atom is -0.480 e. The first-order valence-electron chi connectivity index (χ1n) is 7.87. The van der Waals surface area contributed by atoms with Crippen molar-refractivity contribution >= 4 is 11.9 Å². The molecule has 2 fully saturated rings. The predicted molar refractivity (Wildman–Crippen MR) is 76.5 cm³/mol. The molecule has 0 aromatic rings. The average Bonchev–Trinajstić information content (AvgIpc) is 2.82. The molecule has 1 aliphatic carbocycles. The highest BCUT2D eigenvalue weighted by atomic mass is 16.4. The van der Waals surface area contributed by atoms with E-state index in [2.05, 4.69) is 0 Å². The van der Waals surface area contributed by atoms with Crippen LogP contribution >= 0.6 is 0 Å². The van der Waals surface area contributed by atoms with E-state index in [9.17, 15) is 9.59 Å². The number of amides is 1. The summed E-state index contributed by atoms with van der Waals surface area (Å²) in [4.78, 5) is 26.8. The van der Waals surface area contributed by atoms with Crippen LogP contribution in [0.5, 0.6) is 0 Å². The van der Waals surface area contributed by atoms with Crippen LogP contribution in [-0.4, -0.2) is 59.5 Å². The van der Waals surface area contributed by atoms with Crippen molar-refractivity contribution in [2.75, 3.05) is 32.7 Å². The van der Waals surface area contributed by atoms with E-state index >= 15 is 0 Å². The Bertz CT molecular complexity index is 340. The normalized spacial score (nSPS) is 21.9. The molecule has 2 aliphatic rings. The second-order valence-electron chi connectivity index (χ2n) is 6.09. The number of carboxylic acids is 1. The van der Waals surface area contributed by atoms with E-state index in [0.717, 1.165) is 31.8 Å². The number of aliphatic carboxylic acids is 1. The first kappa shape index (κ1) is 15.3. The molecular weight excluding hydrogens is 256 g/mol. The van der Waals surface area contributed by atoms with Crippen LogP contribution in [0.3, 0.4) is 0 Å². The van der Waals surface area contributed by atoms with E-state index in [1.165, 1.54) is 25.7 Å². The number of nitrogens with zero attached hydrogens (tertiary/aromatic N) is 2. The number of carbonyl (C=O) groups is 2. The molecule has 1 saturated heterocycles. The first-order chi connectivity index (χ1) is 9.65. The summed E-state index contributed by atoms with van der Waals surface area (Å²) in [5, 5.41) is 8.82. The van der Waals surface area contributed by atoms with Gasteiger partial charge in [0.2, 0.25) is 5.91 Å². The fourth-order valence-electron chi connectivity index (χ4n) is 3.35. The Morgan fingerprint density at radius 2 is 1.75 bits per heavy atom. The summed E-state index contributed by atoms with van der Waals surface area (Å²) in [6, 6.07) is 0. The van der Waals surface area contributed by atoms with Gasteiger partial charge in [0.1, 0.15) is 0 Å². The molecule has 0 radical (unpaired) electrons. The van der Waals surface area contributed by atoms with Gasteiger partial charge in [-0.3, -0.25) is 14.5 Å². The Kier molecular flexibility index (Phi) is 5.83. The van der Waals surface area contributed by atoms with Crippen LogP contribution in [0, 0.1) is 5.92 Å². The molecular formula is C15H26N2O3. The summed E-state index contributed by atoms with van der Waals surface area (Å²) in [5.41, 5.74) is 0. The van der Waals surface area contributed by atoms with Crippen molar-refractivity contribution in [3.8, 4) is 0 Å². The van der Waals surface area contributed by atoms with Gasteiger partial charge < -0.3 is 10.0 Å².